The average Bonchev–Trinajstić information content (AvgIpc) is 2.09. The van der Waals surface area contributed by atoms with E-state index in [-0.39, 0.29) is 0 Å². The van der Waals surface area contributed by atoms with E-state index in [0.29, 0.717) is 6.54 Å². The van der Waals surface area contributed by atoms with Crippen LogP contribution < -0.4 is 5.73 Å². The normalized spacial score (nSPS) is 11.8. The molecular formula is C10H12BrN. The maximum atomic E-state index is 5.47. The summed E-state index contributed by atoms with van der Waals surface area (Å²) in [6.07, 6.45) is 2.09. The van der Waals surface area contributed by atoms with E-state index in [1.165, 1.54) is 11.1 Å². The second-order valence-electron chi connectivity index (χ2n) is 2.75. The average molecular weight is 226 g/mol. The van der Waals surface area contributed by atoms with Gasteiger partial charge < -0.3 is 5.73 Å². The first-order valence-corrected chi connectivity index (χ1v) is 4.64. The van der Waals surface area contributed by atoms with Gasteiger partial charge in [-0.05, 0) is 24.6 Å². The minimum atomic E-state index is 0.621. The minimum absolute atomic E-state index is 0.621. The van der Waals surface area contributed by atoms with E-state index in [1.54, 1.807) is 0 Å². The fraction of sp³-hybridized carbons (Fsp3) is 0.200. The van der Waals surface area contributed by atoms with Crippen LogP contribution in [-0.4, -0.2) is 6.54 Å². The smallest absolute Gasteiger partial charge is 0.0175 e. The van der Waals surface area contributed by atoms with Gasteiger partial charge in [0, 0.05) is 11.0 Å². The van der Waals surface area contributed by atoms with Gasteiger partial charge in [0.2, 0.25) is 0 Å². The quantitative estimate of drug-likeness (QED) is 0.824. The van der Waals surface area contributed by atoms with Gasteiger partial charge in [-0.2, -0.15) is 0 Å². The van der Waals surface area contributed by atoms with Crippen molar-refractivity contribution in [3.05, 3.63) is 39.9 Å². The van der Waals surface area contributed by atoms with E-state index in [1.807, 2.05) is 19.1 Å². The third-order valence-corrected chi connectivity index (χ3v) is 2.13. The van der Waals surface area contributed by atoms with Crippen LogP contribution in [-0.2, 0) is 0 Å². The van der Waals surface area contributed by atoms with Gasteiger partial charge in [0.05, 0.1) is 0 Å². The van der Waals surface area contributed by atoms with Crippen LogP contribution in [0.2, 0.25) is 0 Å². The lowest BCUT2D eigenvalue weighted by Gasteiger charge is -1.96. The maximum absolute atomic E-state index is 5.47. The summed E-state index contributed by atoms with van der Waals surface area (Å²) in [4.78, 5) is 0. The second-order valence-corrected chi connectivity index (χ2v) is 3.66. The fourth-order valence-electron chi connectivity index (χ4n) is 0.902. The van der Waals surface area contributed by atoms with Gasteiger partial charge in [-0.3, -0.25) is 0 Å². The first-order valence-electron chi connectivity index (χ1n) is 3.85. The molecule has 0 radical (unpaired) electrons. The fourth-order valence-corrected chi connectivity index (χ4v) is 1.17. The zero-order chi connectivity index (χ0) is 8.97. The number of hydrogen-bond donors (Lipinski definition) is 1. The summed E-state index contributed by atoms with van der Waals surface area (Å²) in [7, 11) is 0. The Hall–Kier alpha value is -0.600. The molecule has 0 amide bonds. The summed E-state index contributed by atoms with van der Waals surface area (Å²) in [6, 6.07) is 8.16. The van der Waals surface area contributed by atoms with Crippen LogP contribution in [0.25, 0.3) is 6.08 Å². The van der Waals surface area contributed by atoms with Gasteiger partial charge in [0.1, 0.15) is 0 Å². The third kappa shape index (κ3) is 2.80. The number of hydrogen-bond acceptors (Lipinski definition) is 1. The zero-order valence-electron chi connectivity index (χ0n) is 7.05. The zero-order valence-corrected chi connectivity index (χ0v) is 8.64. The van der Waals surface area contributed by atoms with E-state index in [4.69, 9.17) is 5.73 Å². The Balaban J connectivity index is 2.84. The summed E-state index contributed by atoms with van der Waals surface area (Å²) in [6.45, 7) is 2.65. The molecular weight excluding hydrogens is 214 g/mol. The highest BCUT2D eigenvalue weighted by Crippen LogP contribution is 2.12. The van der Waals surface area contributed by atoms with Gasteiger partial charge in [-0.15, -0.1) is 0 Å². The van der Waals surface area contributed by atoms with Gasteiger partial charge in [-0.25, -0.2) is 0 Å². The van der Waals surface area contributed by atoms with Gasteiger partial charge >= 0.3 is 0 Å². The summed E-state index contributed by atoms with van der Waals surface area (Å²) in [5, 5.41) is 0. The molecule has 1 nitrogen and oxygen atoms in total. The highest BCUT2D eigenvalue weighted by Gasteiger charge is 1.89. The number of rotatable bonds is 2. The topological polar surface area (TPSA) is 26.0 Å². The predicted molar refractivity (Wildman–Crippen MR) is 56.8 cm³/mol. The van der Waals surface area contributed by atoms with E-state index in [0.717, 1.165) is 4.47 Å². The van der Waals surface area contributed by atoms with Crippen molar-refractivity contribution in [3.63, 3.8) is 0 Å². The predicted octanol–water partition coefficient (Wildman–Crippen LogP) is 2.81. The van der Waals surface area contributed by atoms with Crippen LogP contribution in [0.5, 0.6) is 0 Å². The molecule has 0 saturated carbocycles. The van der Waals surface area contributed by atoms with Crippen molar-refractivity contribution in [2.24, 2.45) is 5.73 Å². The Morgan fingerprint density at radius 2 is 2.00 bits per heavy atom. The Bertz CT molecular complexity index is 274. The molecule has 0 unspecified atom stereocenters. The summed E-state index contributed by atoms with van der Waals surface area (Å²) in [5.41, 5.74) is 7.86. The van der Waals surface area contributed by atoms with Crippen LogP contribution >= 0.6 is 15.9 Å². The molecule has 0 spiro atoms. The molecule has 64 valence electrons. The largest absolute Gasteiger partial charge is 0.327 e. The van der Waals surface area contributed by atoms with Crippen molar-refractivity contribution < 1.29 is 0 Å². The number of halogens is 1. The molecule has 0 atom stereocenters. The Morgan fingerprint density at radius 1 is 1.42 bits per heavy atom. The molecule has 12 heavy (non-hydrogen) atoms. The molecule has 0 bridgehead atoms. The van der Waals surface area contributed by atoms with Crippen LogP contribution in [0.4, 0.5) is 0 Å². The number of nitrogens with two attached hydrogens (primary N) is 1. The molecule has 0 fully saturated rings. The van der Waals surface area contributed by atoms with Crippen molar-refractivity contribution in [1.29, 1.82) is 0 Å². The Labute approximate surface area is 81.4 Å². The second kappa shape index (κ2) is 4.43. The first-order chi connectivity index (χ1) is 5.72. The summed E-state index contributed by atoms with van der Waals surface area (Å²) < 4.78 is 1.10. The lowest BCUT2D eigenvalue weighted by molar-refractivity contribution is 1.15. The van der Waals surface area contributed by atoms with Crippen molar-refractivity contribution in [2.75, 3.05) is 6.54 Å². The standard InChI is InChI=1S/C10H12BrN/c1-8(7-12)6-9-2-4-10(11)5-3-9/h2-6H,7,12H2,1H3. The maximum Gasteiger partial charge on any atom is 0.0175 e. The van der Waals surface area contributed by atoms with Crippen LogP contribution in [0, 0.1) is 0 Å². The van der Waals surface area contributed by atoms with Crippen molar-refractivity contribution in [3.8, 4) is 0 Å². The monoisotopic (exact) mass is 225 g/mol. The summed E-state index contributed by atoms with van der Waals surface area (Å²) in [5.74, 6) is 0. The van der Waals surface area contributed by atoms with Gasteiger partial charge in [0.25, 0.3) is 0 Å². The van der Waals surface area contributed by atoms with E-state index >= 15 is 0 Å². The third-order valence-electron chi connectivity index (χ3n) is 1.61. The van der Waals surface area contributed by atoms with Crippen LogP contribution in [0.3, 0.4) is 0 Å². The van der Waals surface area contributed by atoms with Crippen molar-refractivity contribution in [1.82, 2.24) is 0 Å². The number of benzene rings is 1. The highest BCUT2D eigenvalue weighted by atomic mass is 79.9. The highest BCUT2D eigenvalue weighted by molar-refractivity contribution is 9.10. The molecule has 2 heteroatoms. The molecule has 0 aliphatic carbocycles. The Kier molecular flexibility index (Phi) is 3.50. The molecule has 0 aliphatic heterocycles. The molecule has 1 aromatic rings. The van der Waals surface area contributed by atoms with Crippen molar-refractivity contribution >= 4 is 22.0 Å². The van der Waals surface area contributed by atoms with E-state index in [2.05, 4.69) is 34.1 Å². The SMILES string of the molecule is CC(=Cc1ccc(Br)cc1)CN. The van der Waals surface area contributed by atoms with E-state index < -0.39 is 0 Å². The summed E-state index contributed by atoms with van der Waals surface area (Å²) >= 11 is 3.38. The molecule has 0 aromatic heterocycles. The lowest BCUT2D eigenvalue weighted by Crippen LogP contribution is -1.99. The molecule has 0 heterocycles. The van der Waals surface area contributed by atoms with E-state index in [9.17, 15) is 0 Å². The molecule has 0 aliphatic rings. The van der Waals surface area contributed by atoms with Gasteiger partial charge in [0.15, 0.2) is 0 Å². The minimum Gasteiger partial charge on any atom is -0.327 e. The lowest BCUT2D eigenvalue weighted by atomic mass is 10.1. The molecule has 1 aromatic carbocycles. The first kappa shape index (κ1) is 9.49. The molecule has 0 saturated heterocycles. The molecule has 2 N–H and O–H groups in total. The Morgan fingerprint density at radius 3 is 2.50 bits per heavy atom. The van der Waals surface area contributed by atoms with Crippen LogP contribution in [0.1, 0.15) is 12.5 Å². The molecule has 1 rings (SSSR count). The van der Waals surface area contributed by atoms with Gasteiger partial charge in [-0.1, -0.05) is 39.7 Å². The van der Waals surface area contributed by atoms with Crippen LogP contribution in [0.15, 0.2) is 34.3 Å². The van der Waals surface area contributed by atoms with Crippen molar-refractivity contribution in [2.45, 2.75) is 6.92 Å².